The monoisotopic (exact) mass is 330 g/mol. The Kier molecular flexibility index (Phi) is 6.09. The third kappa shape index (κ3) is 5.07. The van der Waals surface area contributed by atoms with E-state index in [1.165, 1.54) is 0 Å². The van der Waals surface area contributed by atoms with E-state index in [4.69, 9.17) is 8.85 Å². The summed E-state index contributed by atoms with van der Waals surface area (Å²) in [5.41, 5.74) is -3.37. The molecular formula is C13H24N3O5Si. The van der Waals surface area contributed by atoms with Crippen LogP contribution >= 0.6 is 0 Å². The summed E-state index contributed by atoms with van der Waals surface area (Å²) >= 11 is 0. The molecule has 1 heterocycles. The van der Waals surface area contributed by atoms with Crippen molar-refractivity contribution in [2.75, 3.05) is 0 Å². The first-order chi connectivity index (χ1) is 10.0. The van der Waals surface area contributed by atoms with Gasteiger partial charge < -0.3 is 8.85 Å². The maximum atomic E-state index is 12.0. The van der Waals surface area contributed by atoms with Gasteiger partial charge in [0.2, 0.25) is 0 Å². The summed E-state index contributed by atoms with van der Waals surface area (Å²) < 4.78 is 12.8. The van der Waals surface area contributed by atoms with Crippen LogP contribution in [0.1, 0.15) is 53.6 Å². The average molecular weight is 330 g/mol. The fraction of sp³-hybridized carbons (Fsp3) is 0.769. The number of rotatable bonds is 6. The molecule has 0 aliphatic carbocycles. The van der Waals surface area contributed by atoms with E-state index in [1.54, 1.807) is 0 Å². The summed E-state index contributed by atoms with van der Waals surface area (Å²) in [4.78, 5) is 39.3. The highest BCUT2D eigenvalue weighted by atomic mass is 28.3. The van der Waals surface area contributed by atoms with Crippen molar-refractivity contribution >= 4 is 9.28 Å². The van der Waals surface area contributed by atoms with Crippen LogP contribution in [-0.4, -0.2) is 35.5 Å². The van der Waals surface area contributed by atoms with Crippen LogP contribution in [0.4, 0.5) is 0 Å². The zero-order valence-corrected chi connectivity index (χ0v) is 14.9. The lowest BCUT2D eigenvalue weighted by molar-refractivity contribution is 0.0579. The van der Waals surface area contributed by atoms with Gasteiger partial charge >= 0.3 is 26.4 Å². The lowest BCUT2D eigenvalue weighted by atomic mass is 10.2. The highest BCUT2D eigenvalue weighted by Gasteiger charge is 2.35. The van der Waals surface area contributed by atoms with Crippen molar-refractivity contribution in [1.82, 2.24) is 14.5 Å². The summed E-state index contributed by atoms with van der Waals surface area (Å²) in [7, 11) is -1.98. The first kappa shape index (κ1) is 18.6. The van der Waals surface area contributed by atoms with Crippen LogP contribution in [0, 0.1) is 0 Å². The number of nitrogens with zero attached hydrogens (tertiary/aromatic N) is 1. The molecule has 0 spiro atoms. The molecule has 1 atom stereocenters. The van der Waals surface area contributed by atoms with Gasteiger partial charge in [0.15, 0.2) is 0 Å². The SMILES string of the molecule is CCC(n1c(=O)[nH]c(=O)[nH]c1=O)[Si](OC(C)C)OC(C)(C)C. The largest absolute Gasteiger partial charge is 0.410 e. The Bertz CT molecular complexity index is 621. The summed E-state index contributed by atoms with van der Waals surface area (Å²) in [6.07, 6.45) is 0.356. The quantitative estimate of drug-likeness (QED) is 0.736. The first-order valence-electron chi connectivity index (χ1n) is 7.22. The number of nitrogens with one attached hydrogen (secondary N) is 2. The predicted molar refractivity (Wildman–Crippen MR) is 84.1 cm³/mol. The molecule has 125 valence electrons. The molecular weight excluding hydrogens is 306 g/mol. The molecule has 9 heteroatoms. The standard InChI is InChI=1S/C13H24N3O5Si/c1-7-9(16-11(18)14-10(17)15-12(16)19)22(20-8(2)3)21-13(4,5)6/h8-9H,7H2,1-6H3,(H2,14,15,17,18,19). The Morgan fingerprint density at radius 3 is 2.00 bits per heavy atom. The van der Waals surface area contributed by atoms with Crippen LogP contribution in [-0.2, 0) is 8.85 Å². The minimum absolute atomic E-state index is 0.108. The van der Waals surface area contributed by atoms with E-state index < -0.39 is 37.6 Å². The second-order valence-electron chi connectivity index (χ2n) is 6.18. The molecule has 0 aliphatic rings. The lowest BCUT2D eigenvalue weighted by Gasteiger charge is -2.31. The van der Waals surface area contributed by atoms with Crippen LogP contribution in [0.15, 0.2) is 14.4 Å². The molecule has 1 aromatic heterocycles. The van der Waals surface area contributed by atoms with Gasteiger partial charge in [0.05, 0.1) is 11.3 Å². The minimum atomic E-state index is -1.98. The molecule has 1 rings (SSSR count). The molecule has 0 fully saturated rings. The van der Waals surface area contributed by atoms with Crippen LogP contribution in [0.2, 0.25) is 0 Å². The van der Waals surface area contributed by atoms with Crippen LogP contribution in [0.3, 0.4) is 0 Å². The highest BCUT2D eigenvalue weighted by molar-refractivity contribution is 6.45. The normalized spacial score (nSPS) is 13.8. The maximum Gasteiger partial charge on any atom is 0.410 e. The molecule has 8 nitrogen and oxygen atoms in total. The molecule has 1 radical (unpaired) electrons. The van der Waals surface area contributed by atoms with E-state index >= 15 is 0 Å². The van der Waals surface area contributed by atoms with Crippen molar-refractivity contribution in [3.63, 3.8) is 0 Å². The fourth-order valence-electron chi connectivity index (χ4n) is 1.88. The van der Waals surface area contributed by atoms with Gasteiger partial charge in [-0.05, 0) is 41.0 Å². The van der Waals surface area contributed by atoms with Crippen molar-refractivity contribution in [2.24, 2.45) is 0 Å². The molecule has 2 N–H and O–H groups in total. The van der Waals surface area contributed by atoms with Gasteiger partial charge in [0.25, 0.3) is 0 Å². The summed E-state index contributed by atoms with van der Waals surface area (Å²) in [5.74, 6) is 0. The first-order valence-corrected chi connectivity index (χ1v) is 8.62. The lowest BCUT2D eigenvalue weighted by Crippen LogP contribution is -2.52. The second-order valence-corrected chi connectivity index (χ2v) is 7.93. The average Bonchev–Trinajstić information content (AvgIpc) is 2.30. The van der Waals surface area contributed by atoms with Crippen molar-refractivity contribution in [3.05, 3.63) is 31.5 Å². The minimum Gasteiger partial charge on any atom is -0.390 e. The Morgan fingerprint density at radius 2 is 1.64 bits per heavy atom. The molecule has 0 aromatic carbocycles. The van der Waals surface area contributed by atoms with E-state index in [1.807, 2.05) is 41.5 Å². The summed E-state index contributed by atoms with van der Waals surface area (Å²) in [5, 5.41) is 0. The number of aromatic nitrogens is 3. The second kappa shape index (κ2) is 7.21. The van der Waals surface area contributed by atoms with Gasteiger partial charge in [-0.25, -0.2) is 19.0 Å². The Labute approximate surface area is 130 Å². The smallest absolute Gasteiger partial charge is 0.390 e. The zero-order valence-electron chi connectivity index (χ0n) is 13.9. The van der Waals surface area contributed by atoms with Crippen LogP contribution < -0.4 is 17.1 Å². The maximum absolute atomic E-state index is 12.0. The van der Waals surface area contributed by atoms with Gasteiger partial charge in [0.1, 0.15) is 0 Å². The van der Waals surface area contributed by atoms with Crippen molar-refractivity contribution in [3.8, 4) is 0 Å². The van der Waals surface area contributed by atoms with Gasteiger partial charge in [-0.2, -0.15) is 0 Å². The third-order valence-corrected chi connectivity index (χ3v) is 5.34. The molecule has 0 saturated heterocycles. The Balaban J connectivity index is 3.33. The zero-order chi connectivity index (χ0) is 17.1. The molecule has 1 unspecified atom stereocenters. The number of aromatic amines is 2. The molecule has 1 aromatic rings. The van der Waals surface area contributed by atoms with Gasteiger partial charge in [0, 0.05) is 6.10 Å². The number of hydrogen-bond acceptors (Lipinski definition) is 5. The number of H-pyrrole nitrogens is 2. The number of hydrogen-bond donors (Lipinski definition) is 2. The predicted octanol–water partition coefficient (Wildman–Crippen LogP) is 0.444. The molecule has 0 amide bonds. The Hall–Kier alpha value is -1.45. The van der Waals surface area contributed by atoms with Gasteiger partial charge in [-0.15, -0.1) is 0 Å². The fourth-order valence-corrected chi connectivity index (χ4v) is 4.07. The van der Waals surface area contributed by atoms with Gasteiger partial charge in [-0.3, -0.25) is 9.97 Å². The van der Waals surface area contributed by atoms with Crippen LogP contribution in [0.25, 0.3) is 0 Å². The third-order valence-electron chi connectivity index (χ3n) is 2.61. The molecule has 22 heavy (non-hydrogen) atoms. The van der Waals surface area contributed by atoms with Gasteiger partial charge in [-0.1, -0.05) is 6.92 Å². The van der Waals surface area contributed by atoms with Crippen molar-refractivity contribution in [1.29, 1.82) is 0 Å². The molecule has 0 bridgehead atoms. The van der Waals surface area contributed by atoms with E-state index in [0.717, 1.165) is 4.57 Å². The highest BCUT2D eigenvalue weighted by Crippen LogP contribution is 2.20. The van der Waals surface area contributed by atoms with E-state index in [9.17, 15) is 14.4 Å². The van der Waals surface area contributed by atoms with Crippen LogP contribution in [0.5, 0.6) is 0 Å². The van der Waals surface area contributed by atoms with E-state index in [0.29, 0.717) is 6.42 Å². The van der Waals surface area contributed by atoms with Crippen molar-refractivity contribution < 1.29 is 8.85 Å². The summed E-state index contributed by atoms with van der Waals surface area (Å²) in [6.45, 7) is 11.2. The summed E-state index contributed by atoms with van der Waals surface area (Å²) in [6, 6.07) is 0. The van der Waals surface area contributed by atoms with E-state index in [2.05, 4.69) is 9.97 Å². The van der Waals surface area contributed by atoms with Crippen molar-refractivity contribution in [2.45, 2.75) is 65.3 Å². The molecule has 0 saturated carbocycles. The Morgan fingerprint density at radius 1 is 1.14 bits per heavy atom. The van der Waals surface area contributed by atoms with E-state index in [-0.39, 0.29) is 6.10 Å². The molecule has 0 aliphatic heterocycles. The topological polar surface area (TPSA) is 106 Å².